The summed E-state index contributed by atoms with van der Waals surface area (Å²) < 4.78 is 1.04. The van der Waals surface area contributed by atoms with Gasteiger partial charge in [0.1, 0.15) is 0 Å². The quantitative estimate of drug-likeness (QED) is 0.775. The van der Waals surface area contributed by atoms with Gasteiger partial charge in [-0.2, -0.15) is 0 Å². The summed E-state index contributed by atoms with van der Waals surface area (Å²) in [6.07, 6.45) is 0.942. The number of rotatable bonds is 1. The van der Waals surface area contributed by atoms with Crippen molar-refractivity contribution in [2.24, 2.45) is 0 Å². The van der Waals surface area contributed by atoms with Gasteiger partial charge < -0.3 is 4.90 Å². The van der Waals surface area contributed by atoms with Crippen LogP contribution in [0.25, 0.3) is 0 Å². The lowest BCUT2D eigenvalue weighted by atomic mass is 9.99. The standard InChI is InChI=1S/C17H16BrNO/c1-12-10-14(6-7-16(12)18)17(20)19-9-8-13-4-2-3-5-15(13)11-19/h2-7,10H,8-9,11H2,1H3. The Morgan fingerprint density at radius 1 is 1.15 bits per heavy atom. The second-order valence-electron chi connectivity index (χ2n) is 5.21. The van der Waals surface area contributed by atoms with Crippen molar-refractivity contribution >= 4 is 21.8 Å². The Bertz CT molecular complexity index is 666. The Hall–Kier alpha value is -1.61. The molecule has 1 aliphatic heterocycles. The Labute approximate surface area is 127 Å². The molecule has 0 bridgehead atoms. The van der Waals surface area contributed by atoms with E-state index in [2.05, 4.69) is 34.1 Å². The zero-order valence-electron chi connectivity index (χ0n) is 11.4. The third kappa shape index (κ3) is 2.50. The van der Waals surface area contributed by atoms with Crippen LogP contribution in [0, 0.1) is 6.92 Å². The molecule has 20 heavy (non-hydrogen) atoms. The lowest BCUT2D eigenvalue weighted by Crippen LogP contribution is -2.35. The van der Waals surface area contributed by atoms with Crippen LogP contribution in [0.4, 0.5) is 0 Å². The first-order valence-corrected chi connectivity index (χ1v) is 7.56. The predicted molar refractivity (Wildman–Crippen MR) is 83.8 cm³/mol. The number of halogens is 1. The number of carbonyl (C=O) groups is 1. The first-order chi connectivity index (χ1) is 9.65. The fourth-order valence-electron chi connectivity index (χ4n) is 2.63. The molecule has 1 amide bonds. The summed E-state index contributed by atoms with van der Waals surface area (Å²) in [6.45, 7) is 3.52. The van der Waals surface area contributed by atoms with Crippen LogP contribution in [0.1, 0.15) is 27.0 Å². The molecule has 0 aromatic heterocycles. The Balaban J connectivity index is 1.84. The summed E-state index contributed by atoms with van der Waals surface area (Å²) in [5.41, 5.74) is 4.49. The summed E-state index contributed by atoms with van der Waals surface area (Å²) in [4.78, 5) is 14.5. The third-order valence-corrected chi connectivity index (χ3v) is 4.71. The second kappa shape index (κ2) is 5.41. The second-order valence-corrected chi connectivity index (χ2v) is 6.06. The predicted octanol–water partition coefficient (Wildman–Crippen LogP) is 3.96. The summed E-state index contributed by atoms with van der Waals surface area (Å²) in [6, 6.07) is 14.2. The molecule has 0 radical (unpaired) electrons. The lowest BCUT2D eigenvalue weighted by Gasteiger charge is -2.29. The Kier molecular flexibility index (Phi) is 3.62. The van der Waals surface area contributed by atoms with Crippen LogP contribution in [-0.4, -0.2) is 17.4 Å². The van der Waals surface area contributed by atoms with Crippen LogP contribution in [0.5, 0.6) is 0 Å². The highest BCUT2D eigenvalue weighted by molar-refractivity contribution is 9.10. The average Bonchev–Trinajstić information content (AvgIpc) is 2.49. The number of carbonyl (C=O) groups excluding carboxylic acids is 1. The molecule has 102 valence electrons. The van der Waals surface area contributed by atoms with Crippen LogP contribution >= 0.6 is 15.9 Å². The maximum atomic E-state index is 12.6. The van der Waals surface area contributed by atoms with Gasteiger partial charge in [-0.05, 0) is 48.2 Å². The average molecular weight is 330 g/mol. The van der Waals surface area contributed by atoms with Crippen LogP contribution in [0.2, 0.25) is 0 Å². The van der Waals surface area contributed by atoms with E-state index in [1.165, 1.54) is 11.1 Å². The molecule has 1 aliphatic rings. The van der Waals surface area contributed by atoms with E-state index in [4.69, 9.17) is 0 Å². The molecule has 0 N–H and O–H groups in total. The zero-order chi connectivity index (χ0) is 14.1. The van der Waals surface area contributed by atoms with E-state index < -0.39 is 0 Å². The number of nitrogens with zero attached hydrogens (tertiary/aromatic N) is 1. The van der Waals surface area contributed by atoms with Crippen LogP contribution < -0.4 is 0 Å². The van der Waals surface area contributed by atoms with Crippen molar-refractivity contribution in [2.75, 3.05) is 6.54 Å². The van der Waals surface area contributed by atoms with Gasteiger partial charge in [-0.1, -0.05) is 40.2 Å². The zero-order valence-corrected chi connectivity index (χ0v) is 13.0. The maximum Gasteiger partial charge on any atom is 0.254 e. The van der Waals surface area contributed by atoms with E-state index in [1.54, 1.807) is 0 Å². The fourth-order valence-corrected chi connectivity index (χ4v) is 2.88. The summed E-state index contributed by atoms with van der Waals surface area (Å²) in [5, 5.41) is 0. The van der Waals surface area contributed by atoms with Crippen LogP contribution in [0.3, 0.4) is 0 Å². The molecular formula is C17H16BrNO. The van der Waals surface area contributed by atoms with E-state index in [0.29, 0.717) is 6.54 Å². The summed E-state index contributed by atoms with van der Waals surface area (Å²) >= 11 is 3.47. The highest BCUT2D eigenvalue weighted by Crippen LogP contribution is 2.22. The van der Waals surface area contributed by atoms with E-state index in [0.717, 1.165) is 28.6 Å². The minimum atomic E-state index is 0.120. The molecule has 2 aromatic rings. The van der Waals surface area contributed by atoms with E-state index in [-0.39, 0.29) is 5.91 Å². The Morgan fingerprint density at radius 3 is 2.65 bits per heavy atom. The van der Waals surface area contributed by atoms with Crippen molar-refractivity contribution < 1.29 is 4.79 Å². The van der Waals surface area contributed by atoms with Gasteiger partial charge in [-0.3, -0.25) is 4.79 Å². The number of aryl methyl sites for hydroxylation is 1. The molecule has 1 heterocycles. The van der Waals surface area contributed by atoms with Crippen molar-refractivity contribution in [3.05, 3.63) is 69.2 Å². The van der Waals surface area contributed by atoms with Crippen molar-refractivity contribution in [1.82, 2.24) is 4.90 Å². The lowest BCUT2D eigenvalue weighted by molar-refractivity contribution is 0.0734. The van der Waals surface area contributed by atoms with Gasteiger partial charge in [0.2, 0.25) is 0 Å². The Morgan fingerprint density at radius 2 is 1.90 bits per heavy atom. The molecule has 3 heteroatoms. The van der Waals surface area contributed by atoms with E-state index >= 15 is 0 Å². The van der Waals surface area contributed by atoms with Crippen molar-refractivity contribution in [3.8, 4) is 0 Å². The highest BCUT2D eigenvalue weighted by atomic mass is 79.9. The molecule has 0 aliphatic carbocycles. The van der Waals surface area contributed by atoms with Gasteiger partial charge in [-0.25, -0.2) is 0 Å². The minimum absolute atomic E-state index is 0.120. The van der Waals surface area contributed by atoms with Crippen molar-refractivity contribution in [1.29, 1.82) is 0 Å². The van der Waals surface area contributed by atoms with Gasteiger partial charge in [0.05, 0.1) is 0 Å². The number of fused-ring (bicyclic) bond motifs is 1. The van der Waals surface area contributed by atoms with E-state index in [1.807, 2.05) is 36.1 Å². The van der Waals surface area contributed by atoms with Gasteiger partial charge >= 0.3 is 0 Å². The SMILES string of the molecule is Cc1cc(C(=O)N2CCc3ccccc3C2)ccc1Br. The van der Waals surface area contributed by atoms with Crippen LogP contribution in [-0.2, 0) is 13.0 Å². The van der Waals surface area contributed by atoms with Crippen LogP contribution in [0.15, 0.2) is 46.9 Å². The largest absolute Gasteiger partial charge is 0.334 e. The number of hydrogen-bond donors (Lipinski definition) is 0. The van der Waals surface area contributed by atoms with Crippen molar-refractivity contribution in [2.45, 2.75) is 19.9 Å². The topological polar surface area (TPSA) is 20.3 Å². The maximum absolute atomic E-state index is 12.6. The molecule has 0 saturated heterocycles. The molecular weight excluding hydrogens is 314 g/mol. The molecule has 0 fully saturated rings. The van der Waals surface area contributed by atoms with Gasteiger partial charge in [0, 0.05) is 23.1 Å². The normalized spacial score (nSPS) is 14.0. The monoisotopic (exact) mass is 329 g/mol. The molecule has 0 unspecified atom stereocenters. The van der Waals surface area contributed by atoms with Crippen molar-refractivity contribution in [3.63, 3.8) is 0 Å². The molecule has 3 rings (SSSR count). The smallest absolute Gasteiger partial charge is 0.254 e. The van der Waals surface area contributed by atoms with E-state index in [9.17, 15) is 4.79 Å². The van der Waals surface area contributed by atoms with Gasteiger partial charge in [0.25, 0.3) is 5.91 Å². The molecule has 0 atom stereocenters. The minimum Gasteiger partial charge on any atom is -0.334 e. The molecule has 0 spiro atoms. The molecule has 2 nitrogen and oxygen atoms in total. The highest BCUT2D eigenvalue weighted by Gasteiger charge is 2.21. The molecule has 2 aromatic carbocycles. The fraction of sp³-hybridized carbons (Fsp3) is 0.235. The number of benzene rings is 2. The first kappa shape index (κ1) is 13.4. The molecule has 0 saturated carbocycles. The van der Waals surface area contributed by atoms with Gasteiger partial charge in [-0.15, -0.1) is 0 Å². The number of amides is 1. The summed E-state index contributed by atoms with van der Waals surface area (Å²) in [7, 11) is 0. The summed E-state index contributed by atoms with van der Waals surface area (Å²) in [5.74, 6) is 0.120. The van der Waals surface area contributed by atoms with Gasteiger partial charge in [0.15, 0.2) is 0 Å². The third-order valence-electron chi connectivity index (χ3n) is 3.82. The first-order valence-electron chi connectivity index (χ1n) is 6.77. The number of hydrogen-bond acceptors (Lipinski definition) is 1.